The largest absolute Gasteiger partial charge is 0.489 e. The SMILES string of the molecule is CC(C)Oc1cccnc1C(=O)N1C[C@@H](CO)[C@H](c2cnn(C)c2)C1. The Morgan fingerprint density at radius 3 is 2.88 bits per heavy atom. The number of likely N-dealkylation sites (tertiary alicyclic amines) is 1. The highest BCUT2D eigenvalue weighted by atomic mass is 16.5. The molecule has 0 spiro atoms. The molecule has 2 aromatic heterocycles. The van der Waals surface area contributed by atoms with E-state index >= 15 is 0 Å². The van der Waals surface area contributed by atoms with Crippen LogP contribution in [-0.4, -0.2) is 56.5 Å². The Kier molecular flexibility index (Phi) is 5.03. The van der Waals surface area contributed by atoms with Crippen LogP contribution in [0.15, 0.2) is 30.7 Å². The molecule has 1 fully saturated rings. The highest BCUT2D eigenvalue weighted by molar-refractivity contribution is 5.95. The summed E-state index contributed by atoms with van der Waals surface area (Å²) in [5, 5.41) is 13.9. The average molecular weight is 344 g/mol. The van der Waals surface area contributed by atoms with Crippen LogP contribution < -0.4 is 4.74 Å². The lowest BCUT2D eigenvalue weighted by Crippen LogP contribution is -2.30. The number of hydrogen-bond donors (Lipinski definition) is 1. The number of aryl methyl sites for hydroxylation is 1. The van der Waals surface area contributed by atoms with Gasteiger partial charge >= 0.3 is 0 Å². The molecule has 0 aromatic carbocycles. The van der Waals surface area contributed by atoms with Crippen molar-refractivity contribution in [2.75, 3.05) is 19.7 Å². The van der Waals surface area contributed by atoms with Gasteiger partial charge in [-0.1, -0.05) is 0 Å². The van der Waals surface area contributed by atoms with Crippen LogP contribution >= 0.6 is 0 Å². The Morgan fingerprint density at radius 2 is 2.24 bits per heavy atom. The maximum atomic E-state index is 13.0. The molecule has 0 aliphatic carbocycles. The van der Waals surface area contributed by atoms with Crippen LogP contribution in [0.4, 0.5) is 0 Å². The molecule has 1 aliphatic rings. The standard InChI is InChI=1S/C18H24N4O3/c1-12(2)25-16-5-4-6-19-17(16)18(24)22-9-14(11-23)15(10-22)13-7-20-21(3)8-13/h4-8,12,14-15,23H,9-11H2,1-3H3/t14-,15-/m0/s1. The zero-order valence-electron chi connectivity index (χ0n) is 14.8. The van der Waals surface area contributed by atoms with Crippen LogP contribution in [0.1, 0.15) is 35.8 Å². The molecule has 1 N–H and O–H groups in total. The van der Waals surface area contributed by atoms with E-state index in [1.54, 1.807) is 34.1 Å². The Bertz CT molecular complexity index is 743. The summed E-state index contributed by atoms with van der Waals surface area (Å²) in [7, 11) is 1.86. The number of aromatic nitrogens is 3. The summed E-state index contributed by atoms with van der Waals surface area (Å²) in [5.41, 5.74) is 1.36. The molecule has 134 valence electrons. The van der Waals surface area contributed by atoms with Crippen molar-refractivity contribution in [1.82, 2.24) is 19.7 Å². The summed E-state index contributed by atoms with van der Waals surface area (Å²) in [5.74, 6) is 0.390. The van der Waals surface area contributed by atoms with Gasteiger partial charge in [0.2, 0.25) is 0 Å². The minimum Gasteiger partial charge on any atom is -0.489 e. The Morgan fingerprint density at radius 1 is 1.44 bits per heavy atom. The lowest BCUT2D eigenvalue weighted by Gasteiger charge is -2.18. The third-order valence-corrected chi connectivity index (χ3v) is 4.45. The first-order valence-corrected chi connectivity index (χ1v) is 8.50. The fourth-order valence-electron chi connectivity index (χ4n) is 3.28. The first-order chi connectivity index (χ1) is 12.0. The first-order valence-electron chi connectivity index (χ1n) is 8.50. The second-order valence-corrected chi connectivity index (χ2v) is 6.72. The number of aliphatic hydroxyl groups excluding tert-OH is 1. The Balaban J connectivity index is 1.82. The monoisotopic (exact) mass is 344 g/mol. The van der Waals surface area contributed by atoms with Gasteiger partial charge in [0, 0.05) is 51.0 Å². The van der Waals surface area contributed by atoms with Crippen molar-refractivity contribution < 1.29 is 14.6 Å². The van der Waals surface area contributed by atoms with E-state index in [2.05, 4.69) is 10.1 Å². The van der Waals surface area contributed by atoms with E-state index in [1.807, 2.05) is 27.1 Å². The van der Waals surface area contributed by atoms with Gasteiger partial charge < -0.3 is 14.7 Å². The lowest BCUT2D eigenvalue weighted by molar-refractivity contribution is 0.0768. The fraction of sp³-hybridized carbons (Fsp3) is 0.500. The molecule has 0 saturated carbocycles. The molecule has 0 radical (unpaired) electrons. The zero-order chi connectivity index (χ0) is 18.0. The molecule has 3 rings (SSSR count). The Hall–Kier alpha value is -2.41. The number of carbonyl (C=O) groups is 1. The molecule has 3 heterocycles. The molecule has 0 bridgehead atoms. The molecule has 25 heavy (non-hydrogen) atoms. The minimum absolute atomic E-state index is 0.00803. The fourth-order valence-corrected chi connectivity index (χ4v) is 3.28. The maximum absolute atomic E-state index is 13.0. The third-order valence-electron chi connectivity index (χ3n) is 4.45. The predicted octanol–water partition coefficient (Wildman–Crippen LogP) is 1.45. The first kappa shape index (κ1) is 17.4. The summed E-state index contributed by atoms with van der Waals surface area (Å²) < 4.78 is 7.46. The summed E-state index contributed by atoms with van der Waals surface area (Å²) in [6.45, 7) is 4.88. The van der Waals surface area contributed by atoms with Gasteiger partial charge in [0.15, 0.2) is 11.4 Å². The molecule has 2 atom stereocenters. The van der Waals surface area contributed by atoms with Gasteiger partial charge in [0.1, 0.15) is 0 Å². The maximum Gasteiger partial charge on any atom is 0.276 e. The highest BCUT2D eigenvalue weighted by Crippen LogP contribution is 2.33. The van der Waals surface area contributed by atoms with Crippen molar-refractivity contribution >= 4 is 5.91 Å². The average Bonchev–Trinajstić information content (AvgIpc) is 3.20. The third kappa shape index (κ3) is 3.66. The summed E-state index contributed by atoms with van der Waals surface area (Å²) in [6, 6.07) is 3.52. The minimum atomic E-state index is -0.166. The van der Waals surface area contributed by atoms with Crippen LogP contribution in [-0.2, 0) is 7.05 Å². The summed E-state index contributed by atoms with van der Waals surface area (Å²) >= 11 is 0. The van der Waals surface area contributed by atoms with Crippen molar-refractivity contribution in [3.05, 3.63) is 42.0 Å². The molecule has 7 nitrogen and oxygen atoms in total. The van der Waals surface area contributed by atoms with Crippen molar-refractivity contribution in [3.63, 3.8) is 0 Å². The van der Waals surface area contributed by atoms with E-state index in [-0.39, 0.29) is 30.5 Å². The highest BCUT2D eigenvalue weighted by Gasteiger charge is 2.37. The van der Waals surface area contributed by atoms with Gasteiger partial charge in [-0.15, -0.1) is 0 Å². The summed E-state index contributed by atoms with van der Waals surface area (Å²) in [4.78, 5) is 19.0. The normalized spacial score (nSPS) is 20.3. The van der Waals surface area contributed by atoms with E-state index in [4.69, 9.17) is 4.74 Å². The van der Waals surface area contributed by atoms with Crippen LogP contribution in [0.5, 0.6) is 5.75 Å². The second kappa shape index (κ2) is 7.23. The van der Waals surface area contributed by atoms with Crippen LogP contribution in [0.3, 0.4) is 0 Å². The number of amides is 1. The van der Waals surface area contributed by atoms with Crippen molar-refractivity contribution in [2.24, 2.45) is 13.0 Å². The van der Waals surface area contributed by atoms with Crippen LogP contribution in [0.2, 0.25) is 0 Å². The van der Waals surface area contributed by atoms with Gasteiger partial charge in [-0.3, -0.25) is 9.48 Å². The van der Waals surface area contributed by atoms with Gasteiger partial charge in [0.05, 0.1) is 12.3 Å². The van der Waals surface area contributed by atoms with Crippen LogP contribution in [0, 0.1) is 5.92 Å². The number of carbonyl (C=O) groups excluding carboxylic acids is 1. The Labute approximate surface area is 147 Å². The number of pyridine rings is 1. The van der Waals surface area contributed by atoms with Crippen molar-refractivity contribution in [1.29, 1.82) is 0 Å². The number of aliphatic hydroxyl groups is 1. The summed E-state index contributed by atoms with van der Waals surface area (Å²) in [6.07, 6.45) is 5.30. The number of ether oxygens (including phenoxy) is 1. The molecule has 1 saturated heterocycles. The van der Waals surface area contributed by atoms with Gasteiger partial charge in [0.25, 0.3) is 5.91 Å². The molecule has 7 heteroatoms. The van der Waals surface area contributed by atoms with Gasteiger partial charge in [-0.25, -0.2) is 4.98 Å². The second-order valence-electron chi connectivity index (χ2n) is 6.72. The van der Waals surface area contributed by atoms with Crippen LogP contribution in [0.25, 0.3) is 0 Å². The molecular formula is C18H24N4O3. The molecule has 2 aromatic rings. The van der Waals surface area contributed by atoms with E-state index in [9.17, 15) is 9.90 Å². The van der Waals surface area contributed by atoms with E-state index in [0.717, 1.165) is 5.56 Å². The zero-order valence-corrected chi connectivity index (χ0v) is 14.8. The smallest absolute Gasteiger partial charge is 0.276 e. The lowest BCUT2D eigenvalue weighted by atomic mass is 9.92. The van der Waals surface area contributed by atoms with Gasteiger partial charge in [-0.2, -0.15) is 5.10 Å². The molecule has 0 unspecified atom stereocenters. The number of hydrogen-bond acceptors (Lipinski definition) is 5. The molecular weight excluding hydrogens is 320 g/mol. The molecule has 1 amide bonds. The number of nitrogens with zero attached hydrogens (tertiary/aromatic N) is 4. The van der Waals surface area contributed by atoms with E-state index in [1.165, 1.54) is 0 Å². The topological polar surface area (TPSA) is 80.5 Å². The van der Waals surface area contributed by atoms with E-state index < -0.39 is 0 Å². The van der Waals surface area contributed by atoms with E-state index in [0.29, 0.717) is 24.5 Å². The van der Waals surface area contributed by atoms with Gasteiger partial charge in [-0.05, 0) is 31.5 Å². The number of rotatable bonds is 5. The van der Waals surface area contributed by atoms with Crippen molar-refractivity contribution in [3.8, 4) is 5.75 Å². The van der Waals surface area contributed by atoms with Crippen molar-refractivity contribution in [2.45, 2.75) is 25.9 Å². The molecule has 1 aliphatic heterocycles. The predicted molar refractivity (Wildman–Crippen MR) is 92.4 cm³/mol. The quantitative estimate of drug-likeness (QED) is 0.888.